The molecule has 0 bridgehead atoms. The lowest BCUT2D eigenvalue weighted by Gasteiger charge is -2.28. The minimum Gasteiger partial charge on any atom is -0.362 e. The fourth-order valence-corrected chi connectivity index (χ4v) is 4.52. The Balaban J connectivity index is 1.40. The minimum absolute atomic E-state index is 0.0159. The average molecular weight is 524 g/mol. The van der Waals surface area contributed by atoms with Gasteiger partial charge in [0.1, 0.15) is 0 Å². The van der Waals surface area contributed by atoms with E-state index in [4.69, 9.17) is 0 Å². The molecule has 1 amide bonds. The van der Waals surface area contributed by atoms with Crippen LogP contribution in [0.1, 0.15) is 21.6 Å². The highest BCUT2D eigenvalue weighted by molar-refractivity contribution is 8.03. The van der Waals surface area contributed by atoms with Gasteiger partial charge in [0.25, 0.3) is 5.91 Å². The lowest BCUT2D eigenvalue weighted by Crippen LogP contribution is -2.36. The van der Waals surface area contributed by atoms with E-state index in [-0.39, 0.29) is 22.4 Å². The van der Waals surface area contributed by atoms with Gasteiger partial charge in [0.15, 0.2) is 5.50 Å². The van der Waals surface area contributed by atoms with Gasteiger partial charge in [-0.1, -0.05) is 11.8 Å². The van der Waals surface area contributed by atoms with Gasteiger partial charge >= 0.3 is 6.18 Å². The number of benzene rings is 2. The third kappa shape index (κ3) is 5.43. The van der Waals surface area contributed by atoms with Gasteiger partial charge in [-0.3, -0.25) is 9.69 Å². The Hall–Kier alpha value is -4.32. The van der Waals surface area contributed by atoms with E-state index < -0.39 is 17.6 Å². The molecule has 1 atom stereocenters. The van der Waals surface area contributed by atoms with Crippen molar-refractivity contribution in [3.05, 3.63) is 102 Å². The molecule has 12 heteroatoms. The molecule has 188 valence electrons. The summed E-state index contributed by atoms with van der Waals surface area (Å²) < 4.78 is 42.1. The summed E-state index contributed by atoms with van der Waals surface area (Å²) in [6.45, 7) is 1.74. The van der Waals surface area contributed by atoms with Crippen LogP contribution >= 0.6 is 11.8 Å². The Labute approximate surface area is 214 Å². The van der Waals surface area contributed by atoms with Gasteiger partial charge in [0, 0.05) is 47.4 Å². The monoisotopic (exact) mass is 523 g/mol. The molecular weight excluding hydrogens is 503 g/mol. The maximum Gasteiger partial charge on any atom is 0.416 e. The molecule has 1 aliphatic rings. The van der Waals surface area contributed by atoms with Crippen molar-refractivity contribution in [2.45, 2.75) is 18.6 Å². The number of carbonyl (C=O) groups excluding carboxylic acids is 1. The van der Waals surface area contributed by atoms with Gasteiger partial charge in [0.2, 0.25) is 5.95 Å². The molecule has 4 aromatic rings. The van der Waals surface area contributed by atoms with E-state index in [1.54, 1.807) is 55.8 Å². The third-order valence-electron chi connectivity index (χ3n) is 5.44. The summed E-state index contributed by atoms with van der Waals surface area (Å²) in [6, 6.07) is 11.8. The zero-order valence-electron chi connectivity index (χ0n) is 19.3. The molecule has 0 radical (unpaired) electrons. The number of hydrogen-bond donors (Lipinski definition) is 2. The van der Waals surface area contributed by atoms with E-state index in [9.17, 15) is 18.0 Å². The van der Waals surface area contributed by atoms with Crippen LogP contribution in [0.15, 0.2) is 85.1 Å². The fraction of sp³-hybridized carbons (Fsp3) is 0.120. The van der Waals surface area contributed by atoms with Crippen LogP contribution in [0, 0.1) is 6.92 Å². The number of thioether (sulfide) groups is 1. The average Bonchev–Trinajstić information content (AvgIpc) is 3.57. The first kappa shape index (κ1) is 24.4. The quantitative estimate of drug-likeness (QED) is 0.347. The molecule has 37 heavy (non-hydrogen) atoms. The summed E-state index contributed by atoms with van der Waals surface area (Å²) in [5.41, 5.74) is 0.846. The largest absolute Gasteiger partial charge is 0.416 e. The summed E-state index contributed by atoms with van der Waals surface area (Å²) in [5, 5.41) is 7.71. The van der Waals surface area contributed by atoms with Crippen LogP contribution in [-0.4, -0.2) is 30.9 Å². The van der Waals surface area contributed by atoms with E-state index in [1.807, 2.05) is 16.5 Å². The Morgan fingerprint density at radius 3 is 2.49 bits per heavy atom. The molecule has 2 aromatic carbocycles. The predicted molar refractivity (Wildman–Crippen MR) is 136 cm³/mol. The highest BCUT2D eigenvalue weighted by Gasteiger charge is 2.32. The van der Waals surface area contributed by atoms with Crippen LogP contribution in [0.25, 0.3) is 5.69 Å². The van der Waals surface area contributed by atoms with Crippen LogP contribution in [-0.2, 0) is 6.18 Å². The normalized spacial score (nSPS) is 14.9. The lowest BCUT2D eigenvalue weighted by atomic mass is 10.1. The second kappa shape index (κ2) is 9.97. The maximum atomic E-state index is 13.6. The van der Waals surface area contributed by atoms with Crippen LogP contribution < -0.4 is 15.5 Å². The first-order chi connectivity index (χ1) is 17.8. The van der Waals surface area contributed by atoms with Crippen LogP contribution in [0.3, 0.4) is 0 Å². The van der Waals surface area contributed by atoms with Crippen molar-refractivity contribution in [3.63, 3.8) is 0 Å². The molecule has 0 saturated heterocycles. The van der Waals surface area contributed by atoms with Crippen LogP contribution in [0.4, 0.5) is 30.5 Å². The Morgan fingerprint density at radius 2 is 1.86 bits per heavy atom. The Bertz CT molecular complexity index is 1430. The predicted octanol–water partition coefficient (Wildman–Crippen LogP) is 5.47. The summed E-state index contributed by atoms with van der Waals surface area (Å²) in [7, 11) is 0. The Morgan fingerprint density at radius 1 is 1.11 bits per heavy atom. The lowest BCUT2D eigenvalue weighted by molar-refractivity contribution is -0.137. The number of imidazole rings is 1. The molecule has 1 aliphatic heterocycles. The second-order valence-corrected chi connectivity index (χ2v) is 9.06. The number of aromatic nitrogens is 4. The topological polar surface area (TPSA) is 88.0 Å². The van der Waals surface area contributed by atoms with Crippen LogP contribution in [0.5, 0.6) is 0 Å². The van der Waals surface area contributed by atoms with Crippen LogP contribution in [0.2, 0.25) is 0 Å². The summed E-state index contributed by atoms with van der Waals surface area (Å²) in [6.07, 6.45) is 3.54. The molecule has 5 rings (SSSR count). The van der Waals surface area contributed by atoms with Crippen molar-refractivity contribution in [2.75, 3.05) is 10.2 Å². The zero-order valence-corrected chi connectivity index (χ0v) is 20.2. The smallest absolute Gasteiger partial charge is 0.362 e. The molecular formula is C25H20F3N7OS. The number of rotatable bonds is 6. The fourth-order valence-electron chi connectivity index (χ4n) is 3.72. The molecule has 0 spiro atoms. The van der Waals surface area contributed by atoms with Gasteiger partial charge in [0.05, 0.1) is 17.6 Å². The molecule has 1 unspecified atom stereocenters. The van der Waals surface area contributed by atoms with E-state index in [2.05, 4.69) is 25.6 Å². The highest BCUT2D eigenvalue weighted by atomic mass is 32.2. The van der Waals surface area contributed by atoms with Gasteiger partial charge in [-0.15, -0.1) is 0 Å². The molecule has 2 aromatic heterocycles. The first-order valence-electron chi connectivity index (χ1n) is 11.1. The number of alkyl halides is 3. The number of halogens is 3. The zero-order chi connectivity index (χ0) is 26.0. The number of nitrogens with one attached hydrogen (secondary N) is 2. The number of carbonyl (C=O) groups is 1. The van der Waals surface area contributed by atoms with Gasteiger partial charge in [-0.2, -0.15) is 13.2 Å². The SMILES string of the molecule is Cc1cn(-c2cc(NC(=O)c3ccc(N(c4ncccn4)C4NC=CS4)cc3)cc(C(F)(F)F)c2)cn1. The first-order valence-corrected chi connectivity index (χ1v) is 12.0. The highest BCUT2D eigenvalue weighted by Crippen LogP contribution is 2.34. The third-order valence-corrected chi connectivity index (χ3v) is 6.33. The van der Waals surface area contributed by atoms with E-state index in [1.165, 1.54) is 28.7 Å². The molecule has 3 heterocycles. The van der Waals surface area contributed by atoms with E-state index in [0.29, 0.717) is 11.6 Å². The molecule has 8 nitrogen and oxygen atoms in total. The number of nitrogens with zero attached hydrogens (tertiary/aromatic N) is 5. The minimum atomic E-state index is -4.59. The van der Waals surface area contributed by atoms with Crippen molar-refractivity contribution in [3.8, 4) is 5.69 Å². The molecule has 0 aliphatic carbocycles. The van der Waals surface area contributed by atoms with E-state index in [0.717, 1.165) is 17.8 Å². The summed E-state index contributed by atoms with van der Waals surface area (Å²) in [4.78, 5) is 27.6. The molecule has 0 saturated carbocycles. The van der Waals surface area contributed by atoms with Gasteiger partial charge in [-0.25, -0.2) is 15.0 Å². The van der Waals surface area contributed by atoms with Crippen molar-refractivity contribution in [1.82, 2.24) is 24.8 Å². The summed E-state index contributed by atoms with van der Waals surface area (Å²) in [5.74, 6) is -0.0733. The van der Waals surface area contributed by atoms with Crippen molar-refractivity contribution < 1.29 is 18.0 Å². The molecule has 0 fully saturated rings. The maximum absolute atomic E-state index is 13.6. The van der Waals surface area contributed by atoms with E-state index >= 15 is 0 Å². The number of hydrogen-bond acceptors (Lipinski definition) is 7. The molecule has 2 N–H and O–H groups in total. The Kier molecular flexibility index (Phi) is 6.57. The van der Waals surface area contributed by atoms with Crippen molar-refractivity contribution >= 4 is 35.0 Å². The number of anilines is 3. The van der Waals surface area contributed by atoms with Gasteiger partial charge < -0.3 is 15.2 Å². The number of amides is 1. The summed E-state index contributed by atoms with van der Waals surface area (Å²) >= 11 is 1.53. The van der Waals surface area contributed by atoms with Crippen molar-refractivity contribution in [2.24, 2.45) is 0 Å². The van der Waals surface area contributed by atoms with Gasteiger partial charge in [-0.05, 0) is 60.9 Å². The standard InChI is InChI=1S/C25H20F3N7OS/c1-16-14-34(15-32-16)21-12-18(25(26,27)28)11-19(13-21)33-22(36)17-3-5-20(6-4-17)35(24-31-9-10-37-24)23-29-7-2-8-30-23/h2-15,24,31H,1H3,(H,33,36). The van der Waals surface area contributed by atoms with Crippen molar-refractivity contribution in [1.29, 1.82) is 0 Å². The second-order valence-electron chi connectivity index (χ2n) is 8.07. The number of aryl methyl sites for hydroxylation is 1.